The molecule has 1 aliphatic rings. The van der Waals surface area contributed by atoms with Gasteiger partial charge >= 0.3 is 0 Å². The van der Waals surface area contributed by atoms with Crippen molar-refractivity contribution in [1.29, 1.82) is 0 Å². The second kappa shape index (κ2) is 4.17. The molecule has 0 atom stereocenters. The summed E-state index contributed by atoms with van der Waals surface area (Å²) in [4.78, 5) is 12.6. The Morgan fingerprint density at radius 1 is 0.900 bits per heavy atom. The molecule has 1 aliphatic carbocycles. The van der Waals surface area contributed by atoms with Gasteiger partial charge in [0, 0.05) is 22.9 Å². The van der Waals surface area contributed by atoms with Gasteiger partial charge in [-0.2, -0.15) is 5.10 Å². The first-order valence-corrected chi connectivity index (χ1v) is 6.59. The highest BCUT2D eigenvalue weighted by Crippen LogP contribution is 2.33. The lowest BCUT2D eigenvalue weighted by atomic mass is 9.82. The molecule has 0 aliphatic heterocycles. The maximum absolute atomic E-state index is 12.6. The van der Waals surface area contributed by atoms with E-state index in [0.717, 1.165) is 39.9 Å². The molecule has 20 heavy (non-hydrogen) atoms. The number of ketones is 1. The highest BCUT2D eigenvalue weighted by molar-refractivity contribution is 6.13. The van der Waals surface area contributed by atoms with Crippen molar-refractivity contribution in [3.8, 4) is 11.3 Å². The van der Waals surface area contributed by atoms with Crippen LogP contribution in [0.25, 0.3) is 11.3 Å². The normalized spacial score (nSPS) is 12.9. The zero-order chi connectivity index (χ0) is 13.5. The van der Waals surface area contributed by atoms with Gasteiger partial charge in [-0.3, -0.25) is 9.89 Å². The lowest BCUT2D eigenvalue weighted by Gasteiger charge is -2.20. The van der Waals surface area contributed by atoms with E-state index in [2.05, 4.69) is 10.2 Å². The van der Waals surface area contributed by atoms with Crippen LogP contribution in [0, 0.1) is 0 Å². The Morgan fingerprint density at radius 3 is 2.55 bits per heavy atom. The van der Waals surface area contributed by atoms with E-state index in [0.29, 0.717) is 0 Å². The van der Waals surface area contributed by atoms with Crippen LogP contribution in [-0.2, 0) is 6.42 Å². The molecule has 0 fully saturated rings. The number of carbonyl (C=O) groups excluding carboxylic acids is 1. The molecule has 2 aromatic carbocycles. The number of hydrogen-bond donors (Lipinski definition) is 1. The van der Waals surface area contributed by atoms with Gasteiger partial charge in [0.2, 0.25) is 0 Å². The predicted molar refractivity (Wildman–Crippen MR) is 76.7 cm³/mol. The number of nitrogens with zero attached hydrogens (tertiary/aromatic N) is 1. The lowest BCUT2D eigenvalue weighted by molar-refractivity contribution is 0.103. The summed E-state index contributed by atoms with van der Waals surface area (Å²) in [5, 5.41) is 6.98. The fourth-order valence-corrected chi connectivity index (χ4v) is 2.88. The van der Waals surface area contributed by atoms with E-state index < -0.39 is 0 Å². The van der Waals surface area contributed by atoms with E-state index >= 15 is 0 Å². The third-order valence-electron chi connectivity index (χ3n) is 3.84. The molecule has 4 rings (SSSR count). The van der Waals surface area contributed by atoms with Crippen LogP contribution in [0.3, 0.4) is 0 Å². The largest absolute Gasteiger partial charge is 0.289 e. The van der Waals surface area contributed by atoms with Gasteiger partial charge in [-0.05, 0) is 23.6 Å². The van der Waals surface area contributed by atoms with E-state index in [1.807, 2.05) is 48.5 Å². The number of nitrogens with one attached hydrogen (secondary N) is 1. The second-order valence-electron chi connectivity index (χ2n) is 4.97. The molecule has 0 amide bonds. The molecule has 1 aromatic heterocycles. The molecule has 3 heteroatoms. The van der Waals surface area contributed by atoms with Crippen LogP contribution in [0.2, 0.25) is 0 Å². The van der Waals surface area contributed by atoms with E-state index in [1.165, 1.54) is 0 Å². The highest BCUT2D eigenvalue weighted by Gasteiger charge is 2.25. The zero-order valence-electron chi connectivity index (χ0n) is 10.8. The summed E-state index contributed by atoms with van der Waals surface area (Å²) < 4.78 is 0. The summed E-state index contributed by atoms with van der Waals surface area (Å²) >= 11 is 0. The second-order valence-corrected chi connectivity index (χ2v) is 4.97. The van der Waals surface area contributed by atoms with Gasteiger partial charge in [0.05, 0.1) is 5.69 Å². The fourth-order valence-electron chi connectivity index (χ4n) is 2.88. The minimum Gasteiger partial charge on any atom is -0.289 e. The van der Waals surface area contributed by atoms with Gasteiger partial charge < -0.3 is 0 Å². The van der Waals surface area contributed by atoms with Crippen LogP contribution in [-0.4, -0.2) is 16.0 Å². The van der Waals surface area contributed by atoms with Gasteiger partial charge in [0.1, 0.15) is 0 Å². The van der Waals surface area contributed by atoms with Crippen molar-refractivity contribution in [1.82, 2.24) is 10.2 Å². The van der Waals surface area contributed by atoms with E-state index in [1.54, 1.807) is 6.20 Å². The molecule has 1 N–H and O–H groups in total. The monoisotopic (exact) mass is 260 g/mol. The van der Waals surface area contributed by atoms with Crippen LogP contribution in [0.15, 0.2) is 54.7 Å². The number of aromatic nitrogens is 2. The molecule has 0 saturated heterocycles. The van der Waals surface area contributed by atoms with Gasteiger partial charge in [-0.15, -0.1) is 0 Å². The quantitative estimate of drug-likeness (QED) is 0.571. The first-order valence-electron chi connectivity index (χ1n) is 6.59. The number of aromatic amines is 1. The smallest absolute Gasteiger partial charge is 0.193 e. The molecule has 3 aromatic rings. The number of H-pyrrole nitrogens is 1. The predicted octanol–water partition coefficient (Wildman–Crippen LogP) is 3.21. The topological polar surface area (TPSA) is 45.8 Å². The number of hydrogen-bond acceptors (Lipinski definition) is 2. The molecular formula is C17H12N2O. The molecule has 0 unspecified atom stereocenters. The highest BCUT2D eigenvalue weighted by atomic mass is 16.1. The van der Waals surface area contributed by atoms with Gasteiger partial charge in [-0.1, -0.05) is 42.5 Å². The minimum absolute atomic E-state index is 0.114. The summed E-state index contributed by atoms with van der Waals surface area (Å²) in [6.45, 7) is 0. The third-order valence-corrected chi connectivity index (χ3v) is 3.84. The summed E-state index contributed by atoms with van der Waals surface area (Å²) in [6, 6.07) is 15.6. The Labute approximate surface area is 116 Å². The van der Waals surface area contributed by atoms with Crippen molar-refractivity contribution in [3.05, 3.63) is 77.0 Å². The molecular weight excluding hydrogens is 248 g/mol. The van der Waals surface area contributed by atoms with Crippen LogP contribution in [0.4, 0.5) is 0 Å². The number of rotatable bonds is 1. The standard InChI is InChI=1S/C17H12N2O/c20-17-12-5-2-1-4-11(12)10-15-13(6-3-7-14(15)17)16-8-9-18-19-16/h1-9H,10H2,(H,18,19). The molecule has 96 valence electrons. The van der Waals surface area contributed by atoms with Crippen molar-refractivity contribution in [2.45, 2.75) is 6.42 Å². The van der Waals surface area contributed by atoms with Crippen LogP contribution in [0.1, 0.15) is 27.0 Å². The van der Waals surface area contributed by atoms with E-state index in [-0.39, 0.29) is 5.78 Å². The van der Waals surface area contributed by atoms with E-state index in [4.69, 9.17) is 0 Å². The average molecular weight is 260 g/mol. The maximum Gasteiger partial charge on any atom is 0.193 e. The molecule has 0 radical (unpaired) electrons. The van der Waals surface area contributed by atoms with E-state index in [9.17, 15) is 4.79 Å². The maximum atomic E-state index is 12.6. The summed E-state index contributed by atoms with van der Waals surface area (Å²) in [5.74, 6) is 0.114. The molecule has 1 heterocycles. The Morgan fingerprint density at radius 2 is 1.70 bits per heavy atom. The van der Waals surface area contributed by atoms with Crippen LogP contribution < -0.4 is 0 Å². The Bertz CT molecular complexity index is 804. The number of fused-ring (bicyclic) bond motifs is 2. The molecule has 0 bridgehead atoms. The van der Waals surface area contributed by atoms with Gasteiger partial charge in [0.25, 0.3) is 0 Å². The van der Waals surface area contributed by atoms with Crippen molar-refractivity contribution >= 4 is 5.78 Å². The Hall–Kier alpha value is -2.68. The Balaban J connectivity index is 1.95. The number of benzene rings is 2. The summed E-state index contributed by atoms with van der Waals surface area (Å²) in [7, 11) is 0. The lowest BCUT2D eigenvalue weighted by Crippen LogP contribution is -2.15. The molecule has 0 saturated carbocycles. The van der Waals surface area contributed by atoms with Crippen molar-refractivity contribution in [2.24, 2.45) is 0 Å². The first kappa shape index (κ1) is 11.2. The zero-order valence-corrected chi connectivity index (χ0v) is 10.8. The van der Waals surface area contributed by atoms with Crippen LogP contribution >= 0.6 is 0 Å². The third kappa shape index (κ3) is 1.53. The molecule has 0 spiro atoms. The van der Waals surface area contributed by atoms with Gasteiger partial charge in [-0.25, -0.2) is 0 Å². The molecule has 3 nitrogen and oxygen atoms in total. The number of carbonyl (C=O) groups is 1. The fraction of sp³-hybridized carbons (Fsp3) is 0.0588. The van der Waals surface area contributed by atoms with Crippen molar-refractivity contribution < 1.29 is 4.79 Å². The van der Waals surface area contributed by atoms with Crippen LogP contribution in [0.5, 0.6) is 0 Å². The Kier molecular flexibility index (Phi) is 2.33. The first-order chi connectivity index (χ1) is 9.84. The SMILES string of the molecule is O=C1c2ccccc2Cc2c1cccc2-c1ccn[nH]1. The summed E-state index contributed by atoms with van der Waals surface area (Å²) in [5.41, 5.74) is 5.81. The average Bonchev–Trinajstić information content (AvgIpc) is 3.01. The van der Waals surface area contributed by atoms with Gasteiger partial charge in [0.15, 0.2) is 5.78 Å². The minimum atomic E-state index is 0.114. The van der Waals surface area contributed by atoms with Crippen molar-refractivity contribution in [2.75, 3.05) is 0 Å². The van der Waals surface area contributed by atoms with Crippen molar-refractivity contribution in [3.63, 3.8) is 0 Å². The summed E-state index contributed by atoms with van der Waals surface area (Å²) in [6.07, 6.45) is 2.51.